The van der Waals surface area contributed by atoms with E-state index in [0.29, 0.717) is 38.8 Å². The lowest BCUT2D eigenvalue weighted by Gasteiger charge is -2.30. The van der Waals surface area contributed by atoms with Crippen LogP contribution in [0.3, 0.4) is 0 Å². The van der Waals surface area contributed by atoms with E-state index < -0.39 is 22.0 Å². The largest absolute Gasteiger partial charge is 0.480 e. The van der Waals surface area contributed by atoms with Gasteiger partial charge in [0.15, 0.2) is 0 Å². The van der Waals surface area contributed by atoms with Gasteiger partial charge in [0, 0.05) is 19.0 Å². The lowest BCUT2D eigenvalue weighted by atomic mass is 9.96. The number of sulfonamides is 1. The molecule has 7 nitrogen and oxygen atoms in total. The fraction of sp³-hybridized carbons (Fsp3) is 0.833. The SMILES string of the molecule is CCCC(NC(=O)C1CCN(S(C)(=O)=O)CC1)C(=O)O. The van der Waals surface area contributed by atoms with Crippen LogP contribution in [0.15, 0.2) is 0 Å². The molecule has 1 aliphatic heterocycles. The quantitative estimate of drug-likeness (QED) is 0.720. The summed E-state index contributed by atoms with van der Waals surface area (Å²) in [5.74, 6) is -1.64. The third kappa shape index (κ3) is 4.75. The lowest BCUT2D eigenvalue weighted by molar-refractivity contribution is -0.142. The first-order chi connectivity index (χ1) is 9.25. The average molecular weight is 306 g/mol. The van der Waals surface area contributed by atoms with Crippen LogP contribution >= 0.6 is 0 Å². The normalized spacial score (nSPS) is 19.5. The summed E-state index contributed by atoms with van der Waals surface area (Å²) in [7, 11) is -3.21. The van der Waals surface area contributed by atoms with Crippen molar-refractivity contribution in [2.45, 2.75) is 38.6 Å². The number of hydrogen-bond acceptors (Lipinski definition) is 4. The van der Waals surface area contributed by atoms with Gasteiger partial charge in [0.1, 0.15) is 6.04 Å². The molecule has 1 fully saturated rings. The number of piperidine rings is 1. The van der Waals surface area contributed by atoms with Gasteiger partial charge in [0.2, 0.25) is 15.9 Å². The maximum absolute atomic E-state index is 12.0. The van der Waals surface area contributed by atoms with E-state index in [1.807, 2.05) is 6.92 Å². The van der Waals surface area contributed by atoms with Gasteiger partial charge in [-0.1, -0.05) is 13.3 Å². The molecule has 1 heterocycles. The Morgan fingerprint density at radius 3 is 2.30 bits per heavy atom. The molecule has 0 aliphatic carbocycles. The summed E-state index contributed by atoms with van der Waals surface area (Å²) in [6, 6.07) is -0.861. The van der Waals surface area contributed by atoms with E-state index in [1.165, 1.54) is 4.31 Å². The summed E-state index contributed by atoms with van der Waals surface area (Å²) < 4.78 is 24.1. The van der Waals surface area contributed by atoms with E-state index in [-0.39, 0.29) is 11.8 Å². The molecule has 1 saturated heterocycles. The van der Waals surface area contributed by atoms with Crippen molar-refractivity contribution < 1.29 is 23.1 Å². The van der Waals surface area contributed by atoms with Crippen LogP contribution in [0.2, 0.25) is 0 Å². The van der Waals surface area contributed by atoms with Crippen LogP contribution in [0, 0.1) is 5.92 Å². The Balaban J connectivity index is 2.52. The van der Waals surface area contributed by atoms with Crippen LogP contribution < -0.4 is 5.32 Å². The zero-order valence-electron chi connectivity index (χ0n) is 11.8. The first kappa shape index (κ1) is 16.9. The van der Waals surface area contributed by atoms with E-state index in [0.717, 1.165) is 6.26 Å². The molecule has 1 amide bonds. The maximum atomic E-state index is 12.0. The highest BCUT2D eigenvalue weighted by molar-refractivity contribution is 7.88. The van der Waals surface area contributed by atoms with E-state index in [9.17, 15) is 18.0 Å². The smallest absolute Gasteiger partial charge is 0.326 e. The number of rotatable bonds is 6. The average Bonchev–Trinajstić information content (AvgIpc) is 2.37. The number of carbonyl (C=O) groups is 2. The molecular weight excluding hydrogens is 284 g/mol. The Hall–Kier alpha value is -1.15. The van der Waals surface area contributed by atoms with Crippen LogP contribution in [0.4, 0.5) is 0 Å². The van der Waals surface area contributed by atoms with Crippen molar-refractivity contribution in [3.8, 4) is 0 Å². The number of nitrogens with one attached hydrogen (secondary N) is 1. The topological polar surface area (TPSA) is 104 Å². The number of nitrogens with zero attached hydrogens (tertiary/aromatic N) is 1. The van der Waals surface area contributed by atoms with Gasteiger partial charge in [0.05, 0.1) is 6.26 Å². The van der Waals surface area contributed by atoms with Crippen molar-refractivity contribution in [2.75, 3.05) is 19.3 Å². The second kappa shape index (κ2) is 7.03. The third-order valence-corrected chi connectivity index (χ3v) is 4.79. The molecule has 0 saturated carbocycles. The molecule has 0 bridgehead atoms. The van der Waals surface area contributed by atoms with Gasteiger partial charge in [0.25, 0.3) is 0 Å². The number of amides is 1. The van der Waals surface area contributed by atoms with E-state index >= 15 is 0 Å². The van der Waals surface area contributed by atoms with E-state index in [4.69, 9.17) is 5.11 Å². The highest BCUT2D eigenvalue weighted by Gasteiger charge is 2.30. The van der Waals surface area contributed by atoms with Crippen LogP contribution in [0.25, 0.3) is 0 Å². The molecule has 0 spiro atoms. The van der Waals surface area contributed by atoms with Crippen molar-refractivity contribution in [3.05, 3.63) is 0 Å². The van der Waals surface area contributed by atoms with Crippen LogP contribution in [0.1, 0.15) is 32.6 Å². The summed E-state index contributed by atoms with van der Waals surface area (Å²) in [5.41, 5.74) is 0. The van der Waals surface area contributed by atoms with Gasteiger partial charge in [-0.2, -0.15) is 0 Å². The minimum Gasteiger partial charge on any atom is -0.480 e. The van der Waals surface area contributed by atoms with Crippen LogP contribution in [0.5, 0.6) is 0 Å². The van der Waals surface area contributed by atoms with Gasteiger partial charge in [-0.05, 0) is 19.3 Å². The van der Waals surface area contributed by atoms with Gasteiger partial charge in [-0.3, -0.25) is 4.79 Å². The predicted molar refractivity (Wildman–Crippen MR) is 73.6 cm³/mol. The van der Waals surface area contributed by atoms with Crippen molar-refractivity contribution in [1.82, 2.24) is 9.62 Å². The standard InChI is InChI=1S/C12H22N2O5S/c1-3-4-10(12(16)17)13-11(15)9-5-7-14(8-6-9)20(2,18)19/h9-10H,3-8H2,1-2H3,(H,13,15)(H,16,17). The fourth-order valence-electron chi connectivity index (χ4n) is 2.29. The highest BCUT2D eigenvalue weighted by Crippen LogP contribution is 2.19. The Morgan fingerprint density at radius 2 is 1.90 bits per heavy atom. The number of carboxylic acid groups (broad SMARTS) is 1. The van der Waals surface area contributed by atoms with E-state index in [1.54, 1.807) is 0 Å². The minimum absolute atomic E-state index is 0.293. The van der Waals surface area contributed by atoms with Crippen LogP contribution in [-0.4, -0.2) is 55.1 Å². The van der Waals surface area contributed by atoms with E-state index in [2.05, 4.69) is 5.32 Å². The Kier molecular flexibility index (Phi) is 5.94. The van der Waals surface area contributed by atoms with Crippen molar-refractivity contribution in [1.29, 1.82) is 0 Å². The molecule has 116 valence electrons. The Bertz CT molecular complexity index is 454. The van der Waals surface area contributed by atoms with Crippen LogP contribution in [-0.2, 0) is 19.6 Å². The molecule has 0 radical (unpaired) electrons. The Morgan fingerprint density at radius 1 is 1.35 bits per heavy atom. The summed E-state index contributed by atoms with van der Waals surface area (Å²) in [4.78, 5) is 23.0. The Labute approximate surface area is 119 Å². The highest BCUT2D eigenvalue weighted by atomic mass is 32.2. The van der Waals surface area contributed by atoms with Crippen molar-refractivity contribution >= 4 is 21.9 Å². The number of hydrogen-bond donors (Lipinski definition) is 2. The summed E-state index contributed by atoms with van der Waals surface area (Å²) >= 11 is 0. The zero-order valence-corrected chi connectivity index (χ0v) is 12.6. The minimum atomic E-state index is -3.21. The maximum Gasteiger partial charge on any atom is 0.326 e. The monoisotopic (exact) mass is 306 g/mol. The molecule has 0 aromatic rings. The number of carbonyl (C=O) groups excluding carboxylic acids is 1. The second-order valence-electron chi connectivity index (χ2n) is 5.12. The van der Waals surface area contributed by atoms with Gasteiger partial charge >= 0.3 is 5.97 Å². The van der Waals surface area contributed by atoms with Gasteiger partial charge in [-0.25, -0.2) is 17.5 Å². The zero-order chi connectivity index (χ0) is 15.3. The first-order valence-electron chi connectivity index (χ1n) is 6.74. The lowest BCUT2D eigenvalue weighted by Crippen LogP contribution is -2.47. The van der Waals surface area contributed by atoms with Gasteiger partial charge < -0.3 is 10.4 Å². The fourth-order valence-corrected chi connectivity index (χ4v) is 3.16. The predicted octanol–water partition coefficient (Wildman–Crippen LogP) is 0.0275. The molecule has 1 aliphatic rings. The number of aliphatic carboxylic acids is 1. The second-order valence-corrected chi connectivity index (χ2v) is 7.11. The number of carboxylic acids is 1. The molecule has 1 unspecified atom stereocenters. The molecule has 20 heavy (non-hydrogen) atoms. The summed E-state index contributed by atoms with van der Waals surface area (Å²) in [5, 5.41) is 11.5. The summed E-state index contributed by atoms with van der Waals surface area (Å²) in [6.07, 6.45) is 3.07. The van der Waals surface area contributed by atoms with Crippen molar-refractivity contribution in [3.63, 3.8) is 0 Å². The molecule has 0 aromatic carbocycles. The molecule has 1 rings (SSSR count). The molecule has 1 atom stereocenters. The summed E-state index contributed by atoms with van der Waals surface area (Å²) in [6.45, 7) is 2.47. The third-order valence-electron chi connectivity index (χ3n) is 3.49. The van der Waals surface area contributed by atoms with Gasteiger partial charge in [-0.15, -0.1) is 0 Å². The molecular formula is C12H22N2O5S. The first-order valence-corrected chi connectivity index (χ1v) is 8.58. The van der Waals surface area contributed by atoms with Crippen molar-refractivity contribution in [2.24, 2.45) is 5.92 Å². The molecule has 0 aromatic heterocycles. The molecule has 8 heteroatoms. The molecule has 2 N–H and O–H groups in total.